The maximum absolute atomic E-state index is 11.7. The summed E-state index contributed by atoms with van der Waals surface area (Å²) in [5.74, 6) is -0.0549. The third-order valence-corrected chi connectivity index (χ3v) is 2.32. The molecule has 1 amide bonds. The number of rotatable bonds is 8. The SMILES string of the molecule is CCCN(CC#N)C(C)C(=O)NCCOC. The number of carbonyl (C=O) groups excluding carboxylic acids is 1. The summed E-state index contributed by atoms with van der Waals surface area (Å²) in [4.78, 5) is 13.6. The van der Waals surface area contributed by atoms with Crippen molar-refractivity contribution < 1.29 is 9.53 Å². The molecule has 1 unspecified atom stereocenters. The van der Waals surface area contributed by atoms with Crippen molar-refractivity contribution in [2.24, 2.45) is 0 Å². The molecule has 0 saturated heterocycles. The Bertz CT molecular complexity index is 238. The van der Waals surface area contributed by atoms with Crippen LogP contribution in [0.15, 0.2) is 0 Å². The molecule has 0 spiro atoms. The van der Waals surface area contributed by atoms with Crippen molar-refractivity contribution in [2.75, 3.05) is 33.4 Å². The molecule has 0 aliphatic carbocycles. The van der Waals surface area contributed by atoms with Gasteiger partial charge >= 0.3 is 0 Å². The fraction of sp³-hybridized carbons (Fsp3) is 0.818. The molecule has 0 bridgehead atoms. The van der Waals surface area contributed by atoms with Gasteiger partial charge in [0.05, 0.1) is 25.3 Å². The van der Waals surface area contributed by atoms with E-state index in [1.165, 1.54) is 0 Å². The van der Waals surface area contributed by atoms with Crippen LogP contribution in [0.4, 0.5) is 0 Å². The van der Waals surface area contributed by atoms with Crippen LogP contribution < -0.4 is 5.32 Å². The molecular formula is C11H21N3O2. The van der Waals surface area contributed by atoms with Gasteiger partial charge in [-0.2, -0.15) is 5.26 Å². The third kappa shape index (κ3) is 5.69. The lowest BCUT2D eigenvalue weighted by molar-refractivity contribution is -0.125. The first-order valence-electron chi connectivity index (χ1n) is 5.55. The Morgan fingerprint density at radius 2 is 2.31 bits per heavy atom. The Balaban J connectivity index is 4.09. The van der Waals surface area contributed by atoms with Gasteiger partial charge in [-0.15, -0.1) is 0 Å². The van der Waals surface area contributed by atoms with Gasteiger partial charge in [0.2, 0.25) is 5.91 Å². The van der Waals surface area contributed by atoms with Crippen molar-refractivity contribution in [1.82, 2.24) is 10.2 Å². The zero-order chi connectivity index (χ0) is 12.4. The van der Waals surface area contributed by atoms with Crippen molar-refractivity contribution >= 4 is 5.91 Å². The molecule has 0 rings (SSSR count). The predicted molar refractivity (Wildman–Crippen MR) is 61.8 cm³/mol. The zero-order valence-electron chi connectivity index (χ0n) is 10.3. The summed E-state index contributed by atoms with van der Waals surface area (Å²) in [7, 11) is 1.59. The quantitative estimate of drug-likeness (QED) is 0.481. The molecule has 1 N–H and O–H groups in total. The average molecular weight is 227 g/mol. The molecule has 0 aliphatic heterocycles. The van der Waals surface area contributed by atoms with Crippen LogP contribution in [0.25, 0.3) is 0 Å². The summed E-state index contributed by atoms with van der Waals surface area (Å²) in [6.45, 7) is 5.89. The van der Waals surface area contributed by atoms with Crippen LogP contribution in [0, 0.1) is 11.3 Å². The second-order valence-corrected chi connectivity index (χ2v) is 3.59. The summed E-state index contributed by atoms with van der Waals surface area (Å²) in [5, 5.41) is 11.4. The number of ether oxygens (including phenoxy) is 1. The van der Waals surface area contributed by atoms with Gasteiger partial charge in [0.15, 0.2) is 0 Å². The summed E-state index contributed by atoms with van der Waals surface area (Å²) < 4.78 is 4.85. The van der Waals surface area contributed by atoms with E-state index in [4.69, 9.17) is 10.00 Å². The Kier molecular flexibility index (Phi) is 8.49. The smallest absolute Gasteiger partial charge is 0.237 e. The van der Waals surface area contributed by atoms with Gasteiger partial charge in [-0.05, 0) is 19.9 Å². The highest BCUT2D eigenvalue weighted by Crippen LogP contribution is 2.00. The van der Waals surface area contributed by atoms with Crippen molar-refractivity contribution in [1.29, 1.82) is 5.26 Å². The summed E-state index contributed by atoms with van der Waals surface area (Å²) in [5.41, 5.74) is 0. The third-order valence-electron chi connectivity index (χ3n) is 2.32. The Labute approximate surface area is 97.4 Å². The second kappa shape index (κ2) is 9.13. The van der Waals surface area contributed by atoms with E-state index in [0.29, 0.717) is 13.2 Å². The Hall–Kier alpha value is -1.12. The van der Waals surface area contributed by atoms with Gasteiger partial charge in [-0.25, -0.2) is 0 Å². The van der Waals surface area contributed by atoms with Crippen molar-refractivity contribution in [3.8, 4) is 6.07 Å². The number of hydrogen-bond acceptors (Lipinski definition) is 4. The first kappa shape index (κ1) is 14.9. The minimum absolute atomic E-state index is 0.0549. The number of methoxy groups -OCH3 is 1. The highest BCUT2D eigenvalue weighted by atomic mass is 16.5. The minimum Gasteiger partial charge on any atom is -0.383 e. The Morgan fingerprint density at radius 3 is 2.81 bits per heavy atom. The minimum atomic E-state index is -0.267. The van der Waals surface area contributed by atoms with E-state index in [2.05, 4.69) is 11.4 Å². The van der Waals surface area contributed by atoms with Gasteiger partial charge < -0.3 is 10.1 Å². The molecular weight excluding hydrogens is 206 g/mol. The molecule has 5 heteroatoms. The number of nitriles is 1. The van der Waals surface area contributed by atoms with E-state index in [0.717, 1.165) is 13.0 Å². The first-order valence-corrected chi connectivity index (χ1v) is 5.55. The van der Waals surface area contributed by atoms with Crippen LogP contribution in [-0.2, 0) is 9.53 Å². The number of nitrogens with one attached hydrogen (secondary N) is 1. The van der Waals surface area contributed by atoms with Crippen molar-refractivity contribution in [3.63, 3.8) is 0 Å². The summed E-state index contributed by atoms with van der Waals surface area (Å²) in [6.07, 6.45) is 0.928. The fourth-order valence-electron chi connectivity index (χ4n) is 1.38. The maximum atomic E-state index is 11.7. The molecule has 0 saturated carbocycles. The topological polar surface area (TPSA) is 65.4 Å². The number of amides is 1. The number of carbonyl (C=O) groups is 1. The fourth-order valence-corrected chi connectivity index (χ4v) is 1.38. The predicted octanol–water partition coefficient (Wildman–Crippen LogP) is 0.373. The monoisotopic (exact) mass is 227 g/mol. The standard InChI is InChI=1S/C11H21N3O2/c1-4-7-14(8-5-12)10(2)11(15)13-6-9-16-3/h10H,4,6-9H2,1-3H3,(H,13,15). The van der Waals surface area contributed by atoms with E-state index in [-0.39, 0.29) is 18.5 Å². The molecule has 0 aromatic carbocycles. The Morgan fingerprint density at radius 1 is 1.62 bits per heavy atom. The van der Waals surface area contributed by atoms with E-state index < -0.39 is 0 Å². The zero-order valence-corrected chi connectivity index (χ0v) is 10.3. The summed E-state index contributed by atoms with van der Waals surface area (Å²) in [6, 6.07) is 1.81. The molecule has 1 atom stereocenters. The first-order chi connectivity index (χ1) is 7.67. The molecule has 5 nitrogen and oxygen atoms in total. The average Bonchev–Trinajstić information content (AvgIpc) is 2.28. The number of nitrogens with zero attached hydrogens (tertiary/aromatic N) is 2. The molecule has 0 radical (unpaired) electrons. The lowest BCUT2D eigenvalue weighted by atomic mass is 10.2. The lowest BCUT2D eigenvalue weighted by Crippen LogP contribution is -2.46. The highest BCUT2D eigenvalue weighted by Gasteiger charge is 2.19. The maximum Gasteiger partial charge on any atom is 0.237 e. The van der Waals surface area contributed by atoms with E-state index in [1.807, 2.05) is 18.7 Å². The molecule has 0 aromatic rings. The molecule has 0 heterocycles. The molecule has 0 aromatic heterocycles. The van der Waals surface area contributed by atoms with Crippen LogP contribution in [-0.4, -0.2) is 50.2 Å². The van der Waals surface area contributed by atoms with Crippen molar-refractivity contribution in [2.45, 2.75) is 26.3 Å². The van der Waals surface area contributed by atoms with Crippen LogP contribution in [0.2, 0.25) is 0 Å². The van der Waals surface area contributed by atoms with Crippen molar-refractivity contribution in [3.05, 3.63) is 0 Å². The largest absolute Gasteiger partial charge is 0.383 e. The van der Waals surface area contributed by atoms with Crippen LogP contribution in [0.1, 0.15) is 20.3 Å². The normalized spacial score (nSPS) is 12.2. The highest BCUT2D eigenvalue weighted by molar-refractivity contribution is 5.81. The van der Waals surface area contributed by atoms with Gasteiger partial charge in [0.1, 0.15) is 0 Å². The molecule has 0 aliphatic rings. The van der Waals surface area contributed by atoms with Crippen LogP contribution in [0.5, 0.6) is 0 Å². The lowest BCUT2D eigenvalue weighted by Gasteiger charge is -2.25. The van der Waals surface area contributed by atoms with Gasteiger partial charge in [-0.3, -0.25) is 9.69 Å². The van der Waals surface area contributed by atoms with E-state index >= 15 is 0 Å². The van der Waals surface area contributed by atoms with Gasteiger partial charge in [0.25, 0.3) is 0 Å². The van der Waals surface area contributed by atoms with Gasteiger partial charge in [-0.1, -0.05) is 6.92 Å². The molecule has 0 fully saturated rings. The molecule has 16 heavy (non-hydrogen) atoms. The van der Waals surface area contributed by atoms with Gasteiger partial charge in [0, 0.05) is 13.7 Å². The van der Waals surface area contributed by atoms with Crippen LogP contribution in [0.3, 0.4) is 0 Å². The summed E-state index contributed by atoms with van der Waals surface area (Å²) >= 11 is 0. The van der Waals surface area contributed by atoms with E-state index in [9.17, 15) is 4.79 Å². The molecule has 92 valence electrons. The van der Waals surface area contributed by atoms with E-state index in [1.54, 1.807) is 7.11 Å². The number of hydrogen-bond donors (Lipinski definition) is 1. The van der Waals surface area contributed by atoms with Crippen LogP contribution >= 0.6 is 0 Å². The second-order valence-electron chi connectivity index (χ2n) is 3.59.